The minimum atomic E-state index is -0.988. The average Bonchev–Trinajstić information content (AvgIpc) is 2.30. The first-order valence-electron chi connectivity index (χ1n) is 5.40. The monoisotopic (exact) mass is 253 g/mol. The molecule has 1 N–H and O–H groups in total. The van der Waals surface area contributed by atoms with E-state index in [0.717, 1.165) is 0 Å². The highest BCUT2D eigenvalue weighted by Gasteiger charge is 2.34. The molecule has 4 nitrogen and oxygen atoms in total. The molecule has 0 radical (unpaired) electrons. The number of carbonyl (C=O) groups excluding carboxylic acids is 1. The lowest BCUT2D eigenvalue weighted by Crippen LogP contribution is -2.48. The van der Waals surface area contributed by atoms with Gasteiger partial charge in [0.2, 0.25) is 5.91 Å². The molecular formula is C12H12ClNO3. The molecule has 1 fully saturated rings. The smallest absolute Gasteiger partial charge is 0.326 e. The van der Waals surface area contributed by atoms with Crippen LogP contribution in [0.1, 0.15) is 19.3 Å². The third-order valence-electron chi connectivity index (χ3n) is 2.85. The molecule has 1 heterocycles. The number of anilines is 1. The van der Waals surface area contributed by atoms with E-state index in [4.69, 9.17) is 16.7 Å². The summed E-state index contributed by atoms with van der Waals surface area (Å²) in [5.41, 5.74) is 0.478. The van der Waals surface area contributed by atoms with Gasteiger partial charge in [0, 0.05) is 6.42 Å². The Morgan fingerprint density at radius 1 is 1.41 bits per heavy atom. The molecule has 0 spiro atoms. The van der Waals surface area contributed by atoms with Gasteiger partial charge in [-0.25, -0.2) is 4.79 Å². The molecule has 1 unspecified atom stereocenters. The zero-order chi connectivity index (χ0) is 12.4. The van der Waals surface area contributed by atoms with Crippen molar-refractivity contribution in [2.75, 3.05) is 4.90 Å². The Hall–Kier alpha value is -1.55. The van der Waals surface area contributed by atoms with Crippen LogP contribution in [0.4, 0.5) is 5.69 Å². The normalized spacial score (nSPS) is 20.4. The average molecular weight is 254 g/mol. The maximum atomic E-state index is 11.9. The molecular weight excluding hydrogens is 242 g/mol. The third-order valence-corrected chi connectivity index (χ3v) is 3.17. The number of hydrogen-bond donors (Lipinski definition) is 1. The van der Waals surface area contributed by atoms with Gasteiger partial charge in [-0.1, -0.05) is 23.7 Å². The minimum Gasteiger partial charge on any atom is -0.480 e. The van der Waals surface area contributed by atoms with Crippen LogP contribution in [-0.4, -0.2) is 23.0 Å². The van der Waals surface area contributed by atoms with Crippen molar-refractivity contribution in [2.24, 2.45) is 0 Å². The Labute approximate surface area is 104 Å². The number of amides is 1. The van der Waals surface area contributed by atoms with Crippen LogP contribution in [0.3, 0.4) is 0 Å². The van der Waals surface area contributed by atoms with Crippen molar-refractivity contribution in [1.82, 2.24) is 0 Å². The van der Waals surface area contributed by atoms with Crippen molar-refractivity contribution in [2.45, 2.75) is 25.3 Å². The van der Waals surface area contributed by atoms with Crippen molar-refractivity contribution in [3.63, 3.8) is 0 Å². The van der Waals surface area contributed by atoms with Crippen LogP contribution in [0.5, 0.6) is 0 Å². The van der Waals surface area contributed by atoms with Crippen molar-refractivity contribution in [1.29, 1.82) is 0 Å². The summed E-state index contributed by atoms with van der Waals surface area (Å²) >= 11 is 6.01. The zero-order valence-corrected chi connectivity index (χ0v) is 9.85. The van der Waals surface area contributed by atoms with E-state index < -0.39 is 12.0 Å². The van der Waals surface area contributed by atoms with Crippen LogP contribution in [0.2, 0.25) is 5.02 Å². The molecule has 1 aromatic carbocycles. The molecule has 1 aromatic rings. The fraction of sp³-hybridized carbons (Fsp3) is 0.333. The van der Waals surface area contributed by atoms with E-state index in [1.54, 1.807) is 24.3 Å². The predicted molar refractivity (Wildman–Crippen MR) is 64.2 cm³/mol. The second kappa shape index (κ2) is 4.75. The Bertz CT molecular complexity index is 461. The van der Waals surface area contributed by atoms with Gasteiger partial charge < -0.3 is 5.11 Å². The number of carbonyl (C=O) groups is 2. The van der Waals surface area contributed by atoms with Gasteiger partial charge >= 0.3 is 5.97 Å². The topological polar surface area (TPSA) is 57.6 Å². The number of aliphatic carboxylic acids is 1. The van der Waals surface area contributed by atoms with Gasteiger partial charge in [0.15, 0.2) is 0 Å². The summed E-state index contributed by atoms with van der Waals surface area (Å²) in [6, 6.07) is 5.99. The van der Waals surface area contributed by atoms with Crippen LogP contribution in [0.15, 0.2) is 24.3 Å². The van der Waals surface area contributed by atoms with E-state index in [1.807, 2.05) is 0 Å². The molecule has 0 aromatic heterocycles. The SMILES string of the molecule is O=C(O)C1CCCC(=O)N1c1ccccc1Cl. The van der Waals surface area contributed by atoms with E-state index in [0.29, 0.717) is 30.0 Å². The maximum Gasteiger partial charge on any atom is 0.326 e. The van der Waals surface area contributed by atoms with Gasteiger partial charge in [-0.2, -0.15) is 0 Å². The minimum absolute atomic E-state index is 0.184. The summed E-state index contributed by atoms with van der Waals surface area (Å²) in [7, 11) is 0. The van der Waals surface area contributed by atoms with Crippen LogP contribution >= 0.6 is 11.6 Å². The summed E-state index contributed by atoms with van der Waals surface area (Å²) in [6.07, 6.45) is 1.44. The zero-order valence-electron chi connectivity index (χ0n) is 9.10. The summed E-state index contributed by atoms with van der Waals surface area (Å²) in [4.78, 5) is 24.3. The Morgan fingerprint density at radius 3 is 2.76 bits per heavy atom. The largest absolute Gasteiger partial charge is 0.480 e. The van der Waals surface area contributed by atoms with Crippen LogP contribution < -0.4 is 4.90 Å². The number of benzene rings is 1. The molecule has 1 aliphatic rings. The first-order valence-corrected chi connectivity index (χ1v) is 5.78. The van der Waals surface area contributed by atoms with Crippen molar-refractivity contribution >= 4 is 29.2 Å². The molecule has 1 aliphatic heterocycles. The third kappa shape index (κ3) is 2.26. The number of carboxylic acid groups (broad SMARTS) is 1. The standard InChI is InChI=1S/C12H12ClNO3/c13-8-4-1-2-5-9(8)14-10(12(16)17)6-3-7-11(14)15/h1-2,4-5,10H,3,6-7H2,(H,16,17). The number of carboxylic acids is 1. The molecule has 1 atom stereocenters. The second-order valence-corrected chi connectivity index (χ2v) is 4.37. The van der Waals surface area contributed by atoms with Crippen LogP contribution in [0.25, 0.3) is 0 Å². The Balaban J connectivity index is 2.42. The number of hydrogen-bond acceptors (Lipinski definition) is 2. The Kier molecular flexibility index (Phi) is 3.33. The summed E-state index contributed by atoms with van der Waals surface area (Å²) in [5.74, 6) is -1.17. The molecule has 1 saturated heterocycles. The van der Waals surface area contributed by atoms with Gasteiger partial charge in [-0.15, -0.1) is 0 Å². The first kappa shape index (κ1) is 11.9. The van der Waals surface area contributed by atoms with E-state index in [2.05, 4.69) is 0 Å². The molecule has 2 rings (SSSR count). The summed E-state index contributed by atoms with van der Waals surface area (Å²) < 4.78 is 0. The lowest BCUT2D eigenvalue weighted by Gasteiger charge is -2.33. The fourth-order valence-electron chi connectivity index (χ4n) is 2.05. The quantitative estimate of drug-likeness (QED) is 0.880. The highest BCUT2D eigenvalue weighted by molar-refractivity contribution is 6.34. The van der Waals surface area contributed by atoms with Gasteiger partial charge in [0.25, 0.3) is 0 Å². The van der Waals surface area contributed by atoms with Crippen LogP contribution in [-0.2, 0) is 9.59 Å². The Morgan fingerprint density at radius 2 is 2.12 bits per heavy atom. The van der Waals surface area contributed by atoms with Crippen molar-refractivity contribution in [3.8, 4) is 0 Å². The summed E-state index contributed by atoms with van der Waals surface area (Å²) in [5, 5.41) is 9.54. The predicted octanol–water partition coefficient (Wildman–Crippen LogP) is 2.31. The molecule has 1 amide bonds. The first-order chi connectivity index (χ1) is 8.11. The van der Waals surface area contributed by atoms with E-state index >= 15 is 0 Å². The van der Waals surface area contributed by atoms with Gasteiger partial charge in [-0.3, -0.25) is 9.69 Å². The molecule has 17 heavy (non-hydrogen) atoms. The number of piperidine rings is 1. The second-order valence-electron chi connectivity index (χ2n) is 3.96. The van der Waals surface area contributed by atoms with Gasteiger partial charge in [0.05, 0.1) is 10.7 Å². The van der Waals surface area contributed by atoms with E-state index in [-0.39, 0.29) is 5.91 Å². The van der Waals surface area contributed by atoms with Gasteiger partial charge in [0.1, 0.15) is 6.04 Å². The van der Waals surface area contributed by atoms with E-state index in [1.165, 1.54) is 4.90 Å². The number of nitrogens with zero attached hydrogens (tertiary/aromatic N) is 1. The molecule has 0 aliphatic carbocycles. The lowest BCUT2D eigenvalue weighted by atomic mass is 10.0. The lowest BCUT2D eigenvalue weighted by molar-refractivity contribution is -0.141. The highest BCUT2D eigenvalue weighted by Crippen LogP contribution is 2.31. The molecule has 90 valence electrons. The maximum absolute atomic E-state index is 11.9. The summed E-state index contributed by atoms with van der Waals surface area (Å²) in [6.45, 7) is 0. The van der Waals surface area contributed by atoms with E-state index in [9.17, 15) is 9.59 Å². The number of halogens is 1. The molecule has 0 saturated carbocycles. The van der Waals surface area contributed by atoms with Gasteiger partial charge in [-0.05, 0) is 25.0 Å². The van der Waals surface area contributed by atoms with Crippen LogP contribution in [0, 0.1) is 0 Å². The molecule has 0 bridgehead atoms. The number of rotatable bonds is 2. The molecule has 5 heteroatoms. The fourth-order valence-corrected chi connectivity index (χ4v) is 2.28. The highest BCUT2D eigenvalue weighted by atomic mass is 35.5. The van der Waals surface area contributed by atoms with Crippen molar-refractivity contribution < 1.29 is 14.7 Å². The van der Waals surface area contributed by atoms with Crippen molar-refractivity contribution in [3.05, 3.63) is 29.3 Å². The number of para-hydroxylation sites is 1.